The Labute approximate surface area is 410 Å². The fraction of sp³-hybridized carbons (Fsp3) is 0.439. The number of hydrogen-bond donors (Lipinski definition) is 5. The Bertz CT molecular complexity index is 2390. The van der Waals surface area contributed by atoms with Gasteiger partial charge in [-0.2, -0.15) is 4.98 Å². The van der Waals surface area contributed by atoms with Crippen molar-refractivity contribution in [3.63, 3.8) is 0 Å². The zero-order chi connectivity index (χ0) is 52.4. The zero-order valence-corrected chi connectivity index (χ0v) is 39.7. The van der Waals surface area contributed by atoms with Crippen molar-refractivity contribution in [2.75, 3.05) is 104 Å². The number of benzene rings is 2. The summed E-state index contributed by atoms with van der Waals surface area (Å²) in [7, 11) is -3.59. The van der Waals surface area contributed by atoms with Gasteiger partial charge in [-0.25, -0.2) is 51.7 Å². The zero-order valence-electron chi connectivity index (χ0n) is 38.9. The number of aliphatic hydroxyl groups excluding tert-OH is 1. The summed E-state index contributed by atoms with van der Waals surface area (Å²) in [5, 5.41) is 42.4. The molecule has 0 aliphatic rings. The highest BCUT2D eigenvalue weighted by Crippen LogP contribution is 2.44. The maximum absolute atomic E-state index is 15.0. The van der Waals surface area contributed by atoms with Crippen LogP contribution in [-0.2, 0) is 63.0 Å². The van der Waals surface area contributed by atoms with Gasteiger partial charge in [0.25, 0.3) is 15.9 Å². The number of nitrogens with zero attached hydrogens (tertiary/aromatic N) is 7. The van der Waals surface area contributed by atoms with E-state index in [0.717, 1.165) is 0 Å². The third kappa shape index (κ3) is 19.4. The molecule has 31 heteroatoms. The molecule has 0 spiro atoms. The summed E-state index contributed by atoms with van der Waals surface area (Å²) >= 11 is 0. The van der Waals surface area contributed by atoms with E-state index in [1.807, 2.05) is 0 Å². The number of rotatable bonds is 32. The number of sulfonamides is 1. The molecule has 0 amide bonds. The van der Waals surface area contributed by atoms with Gasteiger partial charge in [0.2, 0.25) is 11.6 Å². The molecule has 2 aromatic carbocycles. The molecule has 2 aromatic heterocycles. The molecule has 30 nitrogen and oxygen atoms in total. The van der Waals surface area contributed by atoms with E-state index in [2.05, 4.69) is 29.6 Å². The fourth-order valence-electron chi connectivity index (χ4n) is 5.43. The summed E-state index contributed by atoms with van der Waals surface area (Å²) in [5.74, 6) is -1.97. The molecule has 4 rings (SSSR count). The van der Waals surface area contributed by atoms with Gasteiger partial charge in [-0.15, -0.1) is 0 Å². The van der Waals surface area contributed by atoms with Crippen LogP contribution in [0.1, 0.15) is 19.4 Å². The van der Waals surface area contributed by atoms with Crippen molar-refractivity contribution >= 4 is 34.3 Å². The second-order valence-electron chi connectivity index (χ2n) is 14.3. The van der Waals surface area contributed by atoms with E-state index < -0.39 is 100 Å². The highest BCUT2D eigenvalue weighted by molar-refractivity contribution is 7.92. The Morgan fingerprint density at radius 1 is 0.625 bits per heavy atom. The quantitative estimate of drug-likeness (QED) is 0.0154. The highest BCUT2D eigenvalue weighted by atomic mass is 32.2. The average molecular weight is 1040 g/mol. The molecule has 0 unspecified atom stereocenters. The van der Waals surface area contributed by atoms with Gasteiger partial charge in [-0.05, 0) is 35.9 Å². The molecule has 2 heterocycles. The van der Waals surface area contributed by atoms with Gasteiger partial charge >= 0.3 is 18.5 Å². The summed E-state index contributed by atoms with van der Waals surface area (Å²) < 4.78 is 89.2. The predicted octanol–water partition coefficient (Wildman–Crippen LogP) is 3.05. The number of aromatic nitrogens is 4. The maximum Gasteiger partial charge on any atom is 0.510 e. The first-order chi connectivity index (χ1) is 34.5. The Morgan fingerprint density at radius 2 is 1.17 bits per heavy atom. The Balaban J connectivity index is 1.74. The molecule has 0 atom stereocenters. The third-order valence-corrected chi connectivity index (χ3v) is 10.5. The van der Waals surface area contributed by atoms with Crippen LogP contribution < -0.4 is 18.5 Å². The van der Waals surface area contributed by atoms with E-state index in [1.54, 1.807) is 26.0 Å². The monoisotopic (exact) mass is 1040 g/mol. The van der Waals surface area contributed by atoms with Crippen LogP contribution in [0.15, 0.2) is 71.9 Å². The van der Waals surface area contributed by atoms with Crippen molar-refractivity contribution in [2.45, 2.75) is 24.2 Å². The number of anilines is 1. The molecule has 0 aliphatic heterocycles. The molecule has 72 heavy (non-hydrogen) atoms. The Kier molecular flexibility index (Phi) is 24.1. The summed E-state index contributed by atoms with van der Waals surface area (Å²) in [5.41, 5.74) is -0.399. The maximum atomic E-state index is 15.0. The lowest BCUT2D eigenvalue weighted by atomic mass is 9.86. The molecule has 0 aliphatic carbocycles. The lowest BCUT2D eigenvalue weighted by Crippen LogP contribution is -2.36. The number of carbonyl (C=O) groups excluding carboxylic acids is 3. The third-order valence-electron chi connectivity index (χ3n) is 8.79. The van der Waals surface area contributed by atoms with E-state index >= 15 is 8.42 Å². The summed E-state index contributed by atoms with van der Waals surface area (Å²) in [6.45, 7) is -1.29. The number of methoxy groups -OCH3 is 1. The van der Waals surface area contributed by atoms with Crippen molar-refractivity contribution in [2.24, 2.45) is 0 Å². The largest absolute Gasteiger partial charge is 0.510 e. The second-order valence-corrected chi connectivity index (χ2v) is 16.1. The molecule has 5 N–H and O–H groups in total. The number of ether oxygens (including phenoxy) is 11. The van der Waals surface area contributed by atoms with Gasteiger partial charge in [-0.1, -0.05) is 38.1 Å². The minimum absolute atomic E-state index is 0.0140. The summed E-state index contributed by atoms with van der Waals surface area (Å²) in [4.78, 5) is 63.1. The summed E-state index contributed by atoms with van der Waals surface area (Å²) in [6, 6.07) is 13.1. The van der Waals surface area contributed by atoms with Crippen LogP contribution in [0.4, 0.5) is 20.2 Å². The van der Waals surface area contributed by atoms with Crippen molar-refractivity contribution in [1.82, 2.24) is 30.7 Å². The van der Waals surface area contributed by atoms with Gasteiger partial charge in [0.1, 0.15) is 39.6 Å². The first kappa shape index (κ1) is 57.7. The second kappa shape index (κ2) is 30.1. The minimum Gasteiger partial charge on any atom is -0.493 e. The Morgan fingerprint density at radius 3 is 1.75 bits per heavy atom. The van der Waals surface area contributed by atoms with Crippen LogP contribution in [0.25, 0.3) is 11.6 Å². The van der Waals surface area contributed by atoms with Crippen LogP contribution in [-0.4, -0.2) is 183 Å². The van der Waals surface area contributed by atoms with Crippen molar-refractivity contribution in [1.29, 1.82) is 0 Å². The lowest BCUT2D eigenvalue weighted by molar-refractivity contribution is -0.493. The smallest absolute Gasteiger partial charge is 0.493 e. The number of carbonyl (C=O) groups is 3. The predicted molar refractivity (Wildman–Crippen MR) is 234 cm³/mol. The fourth-order valence-corrected chi connectivity index (χ4v) is 6.71. The Hall–Kier alpha value is -6.88. The van der Waals surface area contributed by atoms with Crippen molar-refractivity contribution < 1.29 is 111 Å². The standard InChI is InChI=1S/C41H53N7O23S/c1-41(2,27-67-39(51)63-16-15-49)29-9-11-30(12-10-29)72(57,58)46(28-68-40(52)65-22-18-61-20-26-70-48(55)56)36-33(71-32-8-5-4-7-31(32)59-3)37(45-35(44-36)34-42-13-6-14-43-34)62-23-24-66-38(50)64-21-17-60-19-25-69-47(53)54/h4-14,49,53-56H,15-28H2,1-3H3. The van der Waals surface area contributed by atoms with Gasteiger partial charge < -0.3 is 57.2 Å². The molecular weight excluding hydrogens is 991 g/mol. The van der Waals surface area contributed by atoms with E-state index in [4.69, 9.17) is 78.0 Å². The van der Waals surface area contributed by atoms with E-state index in [1.165, 1.54) is 62.0 Å². The molecule has 0 saturated carbocycles. The normalized spacial score (nSPS) is 11.5. The lowest BCUT2D eigenvalue weighted by Gasteiger charge is -2.27. The molecule has 0 radical (unpaired) electrons. The van der Waals surface area contributed by atoms with Crippen LogP contribution >= 0.6 is 0 Å². The minimum atomic E-state index is -4.93. The SMILES string of the molecule is COc1ccccc1Oc1c(OCCOC(=O)OCCOCCON(O)O)nc(-c2ncccn2)nc1N(COC(=O)OCCOCCON(O)O)S(=O)(=O)c1ccc(C(C)(C)COC(=O)OCCO)cc1. The van der Waals surface area contributed by atoms with E-state index in [9.17, 15) is 14.4 Å². The van der Waals surface area contributed by atoms with Gasteiger partial charge in [-0.3, -0.25) is 20.8 Å². The van der Waals surface area contributed by atoms with E-state index in [0.29, 0.717) is 9.87 Å². The first-order valence-corrected chi connectivity index (χ1v) is 22.5. The molecule has 0 bridgehead atoms. The summed E-state index contributed by atoms with van der Waals surface area (Å²) in [6.07, 6.45) is -0.833. The molecule has 396 valence electrons. The molecule has 4 aromatic rings. The topological polar surface area (TPSA) is 368 Å². The highest BCUT2D eigenvalue weighted by Gasteiger charge is 2.35. The van der Waals surface area contributed by atoms with Gasteiger partial charge in [0.15, 0.2) is 29.9 Å². The number of hydrogen-bond acceptors (Lipinski definition) is 29. The van der Waals surface area contributed by atoms with Crippen LogP contribution in [0.5, 0.6) is 23.1 Å². The van der Waals surface area contributed by atoms with Crippen molar-refractivity contribution in [3.8, 4) is 34.8 Å². The average Bonchev–Trinajstić information content (AvgIpc) is 3.36. The van der Waals surface area contributed by atoms with E-state index in [-0.39, 0.29) is 82.6 Å². The first-order valence-electron chi connectivity index (χ1n) is 21.1. The molecule has 0 saturated heterocycles. The van der Waals surface area contributed by atoms with Gasteiger partial charge in [0, 0.05) is 17.8 Å². The molecule has 0 fully saturated rings. The number of aliphatic hydroxyl groups is 1. The van der Waals surface area contributed by atoms with Crippen molar-refractivity contribution in [3.05, 3.63) is 72.6 Å². The van der Waals surface area contributed by atoms with Crippen LogP contribution in [0, 0.1) is 0 Å². The number of para-hydroxylation sites is 2. The van der Waals surface area contributed by atoms with Gasteiger partial charge in [0.05, 0.1) is 69.0 Å². The molecular formula is C41H53N7O23S. The van der Waals surface area contributed by atoms with Crippen LogP contribution in [0.2, 0.25) is 0 Å². The van der Waals surface area contributed by atoms with Crippen LogP contribution in [0.3, 0.4) is 0 Å².